The summed E-state index contributed by atoms with van der Waals surface area (Å²) in [5.74, 6) is -0.212. The summed E-state index contributed by atoms with van der Waals surface area (Å²) in [6.45, 7) is 7.52. The van der Waals surface area contributed by atoms with Gasteiger partial charge in [0, 0.05) is 28.0 Å². The zero-order valence-electron chi connectivity index (χ0n) is 18.8. The van der Waals surface area contributed by atoms with Gasteiger partial charge in [0.2, 0.25) is 11.9 Å². The van der Waals surface area contributed by atoms with Crippen molar-refractivity contribution in [1.29, 1.82) is 0 Å². The molecule has 0 aliphatic carbocycles. The number of anilines is 2. The second-order valence-electron chi connectivity index (χ2n) is 7.97. The Balaban J connectivity index is 1.45. The molecule has 2 N–H and O–H groups in total. The minimum atomic E-state index is -3.87. The Morgan fingerprint density at radius 2 is 1.64 bits per heavy atom. The van der Waals surface area contributed by atoms with Crippen LogP contribution in [0.15, 0.2) is 58.0 Å². The van der Waals surface area contributed by atoms with E-state index in [9.17, 15) is 13.2 Å². The summed E-state index contributed by atoms with van der Waals surface area (Å²) in [6, 6.07) is 11.6. The second kappa shape index (κ2) is 8.67. The summed E-state index contributed by atoms with van der Waals surface area (Å²) >= 11 is 0. The summed E-state index contributed by atoms with van der Waals surface area (Å²) in [6.07, 6.45) is 1.74. The summed E-state index contributed by atoms with van der Waals surface area (Å²) < 4.78 is 33.4. The van der Waals surface area contributed by atoms with E-state index in [1.807, 2.05) is 26.0 Å². The van der Waals surface area contributed by atoms with Gasteiger partial charge in [0.05, 0.1) is 17.6 Å². The fourth-order valence-corrected chi connectivity index (χ4v) is 4.52. The van der Waals surface area contributed by atoms with Crippen LogP contribution < -0.4 is 10.0 Å². The lowest BCUT2D eigenvalue weighted by molar-refractivity contribution is -0.115. The molecule has 1 amide bonds. The van der Waals surface area contributed by atoms with E-state index in [0.29, 0.717) is 17.1 Å². The van der Waals surface area contributed by atoms with Crippen LogP contribution in [0, 0.1) is 27.7 Å². The molecule has 0 saturated carbocycles. The van der Waals surface area contributed by atoms with E-state index in [-0.39, 0.29) is 23.2 Å². The molecule has 0 fully saturated rings. The molecule has 0 saturated heterocycles. The monoisotopic (exact) mass is 464 g/mol. The maximum Gasteiger partial charge on any atom is 0.264 e. The molecular weight excluding hydrogens is 440 g/mol. The summed E-state index contributed by atoms with van der Waals surface area (Å²) in [5, 5.41) is 3.71. The zero-order valence-corrected chi connectivity index (χ0v) is 19.6. The van der Waals surface area contributed by atoms with Crippen molar-refractivity contribution in [3.63, 3.8) is 0 Å². The molecule has 0 spiro atoms. The quantitative estimate of drug-likeness (QED) is 0.436. The third-order valence-corrected chi connectivity index (χ3v) is 6.69. The highest BCUT2D eigenvalue weighted by atomic mass is 32.2. The lowest BCUT2D eigenvalue weighted by Gasteiger charge is -2.09. The minimum Gasteiger partial charge on any atom is -0.464 e. The number of carbonyl (C=O) groups is 1. The largest absolute Gasteiger partial charge is 0.464 e. The number of nitrogens with zero attached hydrogens (tertiary/aromatic N) is 2. The van der Waals surface area contributed by atoms with Crippen LogP contribution in [0.4, 0.5) is 11.6 Å². The first-order valence-electron chi connectivity index (χ1n) is 10.3. The number of fused-ring (bicyclic) bond motifs is 1. The number of furan rings is 1. The molecule has 2 heterocycles. The Labute approximate surface area is 192 Å². The Morgan fingerprint density at radius 3 is 2.30 bits per heavy atom. The highest BCUT2D eigenvalue weighted by Gasteiger charge is 2.17. The van der Waals surface area contributed by atoms with Crippen molar-refractivity contribution >= 4 is 38.5 Å². The Bertz CT molecular complexity index is 1440. The Morgan fingerprint density at radius 1 is 0.970 bits per heavy atom. The van der Waals surface area contributed by atoms with Gasteiger partial charge in [-0.3, -0.25) is 4.79 Å². The fourth-order valence-electron chi connectivity index (χ4n) is 3.57. The third kappa shape index (κ3) is 4.88. The van der Waals surface area contributed by atoms with E-state index >= 15 is 0 Å². The molecule has 4 aromatic rings. The summed E-state index contributed by atoms with van der Waals surface area (Å²) in [5.41, 5.74) is 5.57. The molecule has 2 aromatic carbocycles. The first kappa shape index (κ1) is 22.5. The van der Waals surface area contributed by atoms with E-state index in [0.717, 1.165) is 27.7 Å². The summed E-state index contributed by atoms with van der Waals surface area (Å²) in [7, 11) is -3.87. The van der Waals surface area contributed by atoms with Crippen molar-refractivity contribution < 1.29 is 17.6 Å². The van der Waals surface area contributed by atoms with Crippen LogP contribution in [-0.4, -0.2) is 24.3 Å². The molecule has 2 aromatic heterocycles. The molecule has 170 valence electrons. The zero-order chi connectivity index (χ0) is 23.8. The molecule has 33 heavy (non-hydrogen) atoms. The highest BCUT2D eigenvalue weighted by molar-refractivity contribution is 7.92. The first-order valence-corrected chi connectivity index (χ1v) is 11.8. The van der Waals surface area contributed by atoms with Gasteiger partial charge in [-0.1, -0.05) is 12.1 Å². The van der Waals surface area contributed by atoms with Gasteiger partial charge < -0.3 is 9.73 Å². The highest BCUT2D eigenvalue weighted by Crippen LogP contribution is 2.27. The predicted octanol–water partition coefficient (Wildman–Crippen LogP) is 4.44. The SMILES string of the molecule is Cc1cc(C)nc(NS(=O)(=O)c2ccc(NC(=O)Cc3coc4c(C)c(C)ccc34)cc2)n1. The normalized spacial score (nSPS) is 11.5. The van der Waals surface area contributed by atoms with Gasteiger partial charge in [0.25, 0.3) is 10.0 Å². The van der Waals surface area contributed by atoms with Crippen molar-refractivity contribution in [3.8, 4) is 0 Å². The van der Waals surface area contributed by atoms with Crippen LogP contribution in [0.2, 0.25) is 0 Å². The number of aromatic nitrogens is 2. The average Bonchev–Trinajstić information content (AvgIpc) is 3.13. The minimum absolute atomic E-state index is 0.0163. The first-order chi connectivity index (χ1) is 15.6. The van der Waals surface area contributed by atoms with Crippen LogP contribution in [0.25, 0.3) is 11.0 Å². The van der Waals surface area contributed by atoms with Crippen molar-refractivity contribution in [3.05, 3.63) is 76.8 Å². The molecule has 0 aliphatic rings. The second-order valence-corrected chi connectivity index (χ2v) is 9.66. The molecule has 0 bridgehead atoms. The van der Waals surface area contributed by atoms with E-state index < -0.39 is 10.0 Å². The standard InChI is InChI=1S/C24H24N4O4S/c1-14-5-10-21-18(13-32-23(21)17(14)4)12-22(29)27-19-6-8-20(9-7-19)33(30,31)28-24-25-15(2)11-16(3)26-24/h5-11,13H,12H2,1-4H3,(H,27,29)(H,25,26,28). The van der Waals surface area contributed by atoms with Crippen molar-refractivity contribution in [2.24, 2.45) is 0 Å². The smallest absolute Gasteiger partial charge is 0.264 e. The number of hydrogen-bond acceptors (Lipinski definition) is 6. The van der Waals surface area contributed by atoms with Gasteiger partial charge in [-0.25, -0.2) is 23.1 Å². The average molecular weight is 465 g/mol. The molecule has 0 aliphatic heterocycles. The molecule has 0 radical (unpaired) electrons. The lowest BCUT2D eigenvalue weighted by atomic mass is 10.0. The van der Waals surface area contributed by atoms with Gasteiger partial charge in [0.15, 0.2) is 0 Å². The Kier molecular flexibility index (Phi) is 5.90. The van der Waals surface area contributed by atoms with Gasteiger partial charge in [-0.15, -0.1) is 0 Å². The maximum absolute atomic E-state index is 12.7. The van der Waals surface area contributed by atoms with Crippen LogP contribution in [-0.2, 0) is 21.2 Å². The molecular formula is C24H24N4O4S. The number of nitrogens with one attached hydrogen (secondary N) is 2. The molecule has 0 atom stereocenters. The van der Waals surface area contributed by atoms with Gasteiger partial charge in [-0.05, 0) is 69.2 Å². The van der Waals surface area contributed by atoms with Crippen LogP contribution in [0.1, 0.15) is 28.1 Å². The van der Waals surface area contributed by atoms with Crippen LogP contribution in [0.5, 0.6) is 0 Å². The number of hydrogen-bond donors (Lipinski definition) is 2. The Hall–Kier alpha value is -3.72. The van der Waals surface area contributed by atoms with Crippen molar-refractivity contribution in [2.45, 2.75) is 39.0 Å². The number of sulfonamides is 1. The van der Waals surface area contributed by atoms with E-state index in [4.69, 9.17) is 4.42 Å². The molecule has 8 nitrogen and oxygen atoms in total. The topological polar surface area (TPSA) is 114 Å². The van der Waals surface area contributed by atoms with E-state index in [1.165, 1.54) is 24.3 Å². The number of amides is 1. The number of rotatable bonds is 6. The van der Waals surface area contributed by atoms with E-state index in [2.05, 4.69) is 20.0 Å². The van der Waals surface area contributed by atoms with Crippen molar-refractivity contribution in [2.75, 3.05) is 10.0 Å². The predicted molar refractivity (Wildman–Crippen MR) is 127 cm³/mol. The summed E-state index contributed by atoms with van der Waals surface area (Å²) in [4.78, 5) is 20.8. The molecule has 4 rings (SSSR count). The van der Waals surface area contributed by atoms with Crippen molar-refractivity contribution in [1.82, 2.24) is 9.97 Å². The third-order valence-electron chi connectivity index (χ3n) is 5.35. The lowest BCUT2D eigenvalue weighted by Crippen LogP contribution is -2.16. The van der Waals surface area contributed by atoms with Gasteiger partial charge in [-0.2, -0.15) is 0 Å². The fraction of sp³-hybridized carbons (Fsp3) is 0.208. The van der Waals surface area contributed by atoms with Crippen LogP contribution >= 0.6 is 0 Å². The van der Waals surface area contributed by atoms with Crippen LogP contribution in [0.3, 0.4) is 0 Å². The van der Waals surface area contributed by atoms with Gasteiger partial charge >= 0.3 is 0 Å². The van der Waals surface area contributed by atoms with Gasteiger partial charge in [0.1, 0.15) is 5.58 Å². The number of benzene rings is 2. The van der Waals surface area contributed by atoms with E-state index in [1.54, 1.807) is 26.2 Å². The number of aryl methyl sites for hydroxylation is 4. The number of carbonyl (C=O) groups excluding carboxylic acids is 1. The maximum atomic E-state index is 12.7. The molecule has 0 unspecified atom stereocenters. The molecule has 9 heteroatoms.